The fraction of sp³-hybridized carbons (Fsp3) is 0.294. The first-order valence-electron chi connectivity index (χ1n) is 7.48. The fourth-order valence-electron chi connectivity index (χ4n) is 2.44. The lowest BCUT2D eigenvalue weighted by atomic mass is 9.98. The summed E-state index contributed by atoms with van der Waals surface area (Å²) in [6, 6.07) is 7.90. The van der Waals surface area contributed by atoms with Gasteiger partial charge in [-0.25, -0.2) is 4.79 Å². The number of halogens is 3. The molecule has 2 rings (SSSR count). The van der Waals surface area contributed by atoms with Gasteiger partial charge in [0.1, 0.15) is 0 Å². The van der Waals surface area contributed by atoms with E-state index in [-0.39, 0.29) is 18.5 Å². The highest BCUT2D eigenvalue weighted by Gasteiger charge is 2.43. The number of alkyl halides is 3. The predicted octanol–water partition coefficient (Wildman–Crippen LogP) is 3.56. The summed E-state index contributed by atoms with van der Waals surface area (Å²) >= 11 is 0. The number of carbonyl (C=O) groups excluding carboxylic acids is 1. The Balaban J connectivity index is 2.31. The maximum absolute atomic E-state index is 13.5. The monoisotopic (exact) mass is 354 g/mol. The lowest BCUT2D eigenvalue weighted by Gasteiger charge is -2.26. The molecule has 2 aromatic carbocycles. The average Bonchev–Trinajstić information content (AvgIpc) is 2.55. The van der Waals surface area contributed by atoms with Gasteiger partial charge in [0.25, 0.3) is 0 Å². The average molecular weight is 354 g/mol. The lowest BCUT2D eigenvalue weighted by Crippen LogP contribution is -2.45. The number of rotatable bonds is 5. The van der Waals surface area contributed by atoms with Gasteiger partial charge >= 0.3 is 18.2 Å². The minimum absolute atomic E-state index is 0.0643. The van der Waals surface area contributed by atoms with E-state index in [0.29, 0.717) is 10.8 Å². The van der Waals surface area contributed by atoms with E-state index in [0.717, 1.165) is 4.90 Å². The van der Waals surface area contributed by atoms with Gasteiger partial charge in [-0.3, -0.25) is 4.79 Å². The summed E-state index contributed by atoms with van der Waals surface area (Å²) in [5.41, 5.74) is -0.0643. The van der Waals surface area contributed by atoms with Crippen molar-refractivity contribution in [1.82, 2.24) is 10.2 Å². The van der Waals surface area contributed by atoms with E-state index < -0.39 is 24.2 Å². The second-order valence-corrected chi connectivity index (χ2v) is 5.56. The Morgan fingerprint density at radius 1 is 1.16 bits per heavy atom. The Bertz CT molecular complexity index is 772. The van der Waals surface area contributed by atoms with Gasteiger partial charge in [0.15, 0.2) is 6.04 Å². The minimum Gasteiger partial charge on any atom is -0.481 e. The maximum Gasteiger partial charge on any atom is 0.412 e. The molecule has 0 aliphatic carbocycles. The Hall–Kier alpha value is -2.77. The Morgan fingerprint density at radius 2 is 1.80 bits per heavy atom. The molecule has 0 bridgehead atoms. The molecule has 0 heterocycles. The number of fused-ring (bicyclic) bond motifs is 1. The van der Waals surface area contributed by atoms with Crippen molar-refractivity contribution in [2.75, 3.05) is 13.6 Å². The van der Waals surface area contributed by atoms with Crippen molar-refractivity contribution in [3.8, 4) is 0 Å². The summed E-state index contributed by atoms with van der Waals surface area (Å²) in [5, 5.41) is 11.6. The van der Waals surface area contributed by atoms with Gasteiger partial charge in [0.05, 0.1) is 6.42 Å². The number of hydrogen-bond donors (Lipinski definition) is 2. The van der Waals surface area contributed by atoms with Gasteiger partial charge in [0, 0.05) is 13.6 Å². The van der Waals surface area contributed by atoms with Gasteiger partial charge in [0.2, 0.25) is 0 Å². The minimum atomic E-state index is -4.70. The van der Waals surface area contributed by atoms with Crippen molar-refractivity contribution in [2.24, 2.45) is 0 Å². The van der Waals surface area contributed by atoms with Crippen LogP contribution in [0.5, 0.6) is 0 Å². The molecule has 0 aromatic heterocycles. The van der Waals surface area contributed by atoms with E-state index in [4.69, 9.17) is 5.11 Å². The summed E-state index contributed by atoms with van der Waals surface area (Å²) in [6.07, 6.45) is -5.05. The molecule has 2 amide bonds. The van der Waals surface area contributed by atoms with E-state index in [2.05, 4.69) is 0 Å². The van der Waals surface area contributed by atoms with Crippen molar-refractivity contribution in [3.63, 3.8) is 0 Å². The molecule has 25 heavy (non-hydrogen) atoms. The molecule has 0 radical (unpaired) electrons. The van der Waals surface area contributed by atoms with Gasteiger partial charge in [-0.15, -0.1) is 0 Å². The molecule has 5 nitrogen and oxygen atoms in total. The quantitative estimate of drug-likeness (QED) is 0.863. The molecule has 0 aliphatic heterocycles. The third-order valence-electron chi connectivity index (χ3n) is 3.74. The number of nitrogens with one attached hydrogen (secondary N) is 1. The smallest absolute Gasteiger partial charge is 0.412 e. The molecule has 0 spiro atoms. The molecule has 134 valence electrons. The second-order valence-electron chi connectivity index (χ2n) is 5.56. The Morgan fingerprint density at radius 3 is 2.44 bits per heavy atom. The molecule has 0 saturated heterocycles. The van der Waals surface area contributed by atoms with Gasteiger partial charge in [-0.05, 0) is 16.3 Å². The van der Waals surface area contributed by atoms with E-state index in [1.807, 2.05) is 5.32 Å². The summed E-state index contributed by atoms with van der Waals surface area (Å²) in [7, 11) is 1.24. The van der Waals surface area contributed by atoms with Gasteiger partial charge in [-0.2, -0.15) is 13.2 Å². The molecular formula is C17H17F3N2O3. The highest BCUT2D eigenvalue weighted by atomic mass is 19.4. The number of benzene rings is 2. The zero-order valence-electron chi connectivity index (χ0n) is 13.4. The zero-order valence-corrected chi connectivity index (χ0v) is 13.4. The van der Waals surface area contributed by atoms with Crippen LogP contribution in [0.25, 0.3) is 10.8 Å². The molecule has 1 unspecified atom stereocenters. The predicted molar refractivity (Wildman–Crippen MR) is 86.2 cm³/mol. The first kappa shape index (κ1) is 18.6. The third-order valence-corrected chi connectivity index (χ3v) is 3.74. The Labute approximate surface area is 142 Å². The standard InChI is InChI=1S/C17H17F3N2O3/c1-22(10-9-14(23)24)16(25)21-15(17(18,19)20)13-8-4-6-11-5-2-3-7-12(11)13/h2-8,15H,9-10H2,1H3,(H,21,25)(H,23,24). The number of urea groups is 1. The van der Waals surface area contributed by atoms with Crippen LogP contribution in [0.1, 0.15) is 18.0 Å². The summed E-state index contributed by atoms with van der Waals surface area (Å²) in [6.45, 7) is -0.193. The lowest BCUT2D eigenvalue weighted by molar-refractivity contribution is -0.155. The molecule has 0 aliphatic rings. The van der Waals surface area contributed by atoms with Crippen molar-refractivity contribution in [1.29, 1.82) is 0 Å². The highest BCUT2D eigenvalue weighted by Crippen LogP contribution is 2.36. The third kappa shape index (κ3) is 4.62. The number of aliphatic carboxylic acids is 1. The summed E-state index contributed by atoms with van der Waals surface area (Å²) < 4.78 is 40.6. The van der Waals surface area contributed by atoms with Crippen LogP contribution in [-0.2, 0) is 4.79 Å². The second kappa shape index (κ2) is 7.42. The molecule has 2 N–H and O–H groups in total. The topological polar surface area (TPSA) is 69.6 Å². The van der Waals surface area contributed by atoms with Gasteiger partial charge in [-0.1, -0.05) is 42.5 Å². The van der Waals surface area contributed by atoms with Crippen LogP contribution in [0.15, 0.2) is 42.5 Å². The molecule has 0 fully saturated rings. The SMILES string of the molecule is CN(CCC(=O)O)C(=O)NC(c1cccc2ccccc12)C(F)(F)F. The normalized spacial score (nSPS) is 12.6. The van der Waals surface area contributed by atoms with Gasteiger partial charge < -0.3 is 15.3 Å². The van der Waals surface area contributed by atoms with Crippen LogP contribution in [0.4, 0.5) is 18.0 Å². The Kier molecular flexibility index (Phi) is 5.51. The highest BCUT2D eigenvalue weighted by molar-refractivity contribution is 5.87. The molecule has 1 atom stereocenters. The summed E-state index contributed by atoms with van der Waals surface area (Å²) in [4.78, 5) is 23.5. The van der Waals surface area contributed by atoms with Crippen molar-refractivity contribution in [3.05, 3.63) is 48.0 Å². The largest absolute Gasteiger partial charge is 0.481 e. The van der Waals surface area contributed by atoms with E-state index >= 15 is 0 Å². The first-order valence-corrected chi connectivity index (χ1v) is 7.48. The molecular weight excluding hydrogens is 337 g/mol. The van der Waals surface area contributed by atoms with Crippen LogP contribution in [0.2, 0.25) is 0 Å². The maximum atomic E-state index is 13.5. The number of carbonyl (C=O) groups is 2. The van der Waals surface area contributed by atoms with Crippen LogP contribution < -0.4 is 5.32 Å². The molecule has 8 heteroatoms. The zero-order chi connectivity index (χ0) is 18.6. The summed E-state index contributed by atoms with van der Waals surface area (Å²) in [5.74, 6) is -1.14. The van der Waals surface area contributed by atoms with Crippen molar-refractivity contribution in [2.45, 2.75) is 18.6 Å². The van der Waals surface area contributed by atoms with Crippen molar-refractivity contribution >= 4 is 22.8 Å². The fourth-order valence-corrected chi connectivity index (χ4v) is 2.44. The number of carboxylic acid groups (broad SMARTS) is 1. The number of amides is 2. The van der Waals surface area contributed by atoms with Crippen LogP contribution >= 0.6 is 0 Å². The van der Waals surface area contributed by atoms with E-state index in [9.17, 15) is 22.8 Å². The van der Waals surface area contributed by atoms with Crippen LogP contribution in [-0.4, -0.2) is 41.8 Å². The van der Waals surface area contributed by atoms with Crippen LogP contribution in [0, 0.1) is 0 Å². The van der Waals surface area contributed by atoms with E-state index in [1.54, 1.807) is 30.3 Å². The number of nitrogens with zero attached hydrogens (tertiary/aromatic N) is 1. The molecule has 2 aromatic rings. The first-order chi connectivity index (χ1) is 11.7. The molecule has 0 saturated carbocycles. The van der Waals surface area contributed by atoms with E-state index in [1.165, 1.54) is 19.2 Å². The number of hydrogen-bond acceptors (Lipinski definition) is 2. The van der Waals surface area contributed by atoms with Crippen molar-refractivity contribution < 1.29 is 27.9 Å². The van der Waals surface area contributed by atoms with Crippen LogP contribution in [0.3, 0.4) is 0 Å². The number of carboxylic acids is 1.